The highest BCUT2D eigenvalue weighted by molar-refractivity contribution is 7.07. The fourth-order valence-corrected chi connectivity index (χ4v) is 3.00. The van der Waals surface area contributed by atoms with Gasteiger partial charge in [0.05, 0.1) is 0 Å². The first kappa shape index (κ1) is 17.4. The predicted octanol–water partition coefficient (Wildman–Crippen LogP) is 3.54. The minimum absolute atomic E-state index is 0.0992. The van der Waals surface area contributed by atoms with Crippen molar-refractivity contribution in [3.8, 4) is 0 Å². The Kier molecular flexibility index (Phi) is 6.52. The Balaban J connectivity index is 1.79. The molecule has 3 nitrogen and oxygen atoms in total. The largest absolute Gasteiger partial charge is 0.356 e. The number of nitrogens with one attached hydrogen (secondary N) is 2. The van der Waals surface area contributed by atoms with Crippen LogP contribution in [0.4, 0.5) is 8.78 Å². The molecule has 0 bridgehead atoms. The molecule has 23 heavy (non-hydrogen) atoms. The first-order valence-corrected chi connectivity index (χ1v) is 8.45. The number of guanidine groups is 1. The lowest BCUT2D eigenvalue weighted by molar-refractivity contribution is 0.552. The predicted molar refractivity (Wildman–Crippen MR) is 92.2 cm³/mol. The molecular weight excluding hydrogens is 316 g/mol. The van der Waals surface area contributed by atoms with Crippen LogP contribution in [0.3, 0.4) is 0 Å². The summed E-state index contributed by atoms with van der Waals surface area (Å²) in [5.41, 5.74) is 1.38. The van der Waals surface area contributed by atoms with Gasteiger partial charge in [-0.05, 0) is 46.9 Å². The fourth-order valence-electron chi connectivity index (χ4n) is 2.22. The van der Waals surface area contributed by atoms with Crippen LogP contribution in [0.5, 0.6) is 0 Å². The lowest BCUT2D eigenvalue weighted by Gasteiger charge is -2.15. The van der Waals surface area contributed by atoms with E-state index in [9.17, 15) is 8.78 Å². The first-order valence-electron chi connectivity index (χ1n) is 7.51. The van der Waals surface area contributed by atoms with Gasteiger partial charge in [-0.25, -0.2) is 8.78 Å². The van der Waals surface area contributed by atoms with Crippen LogP contribution in [-0.2, 0) is 6.42 Å². The van der Waals surface area contributed by atoms with Crippen LogP contribution >= 0.6 is 11.3 Å². The molecule has 0 saturated carbocycles. The molecule has 0 aliphatic rings. The smallest absolute Gasteiger partial charge is 0.191 e. The molecule has 1 aromatic carbocycles. The minimum atomic E-state index is -0.513. The molecule has 2 aromatic rings. The summed E-state index contributed by atoms with van der Waals surface area (Å²) in [7, 11) is 1.67. The second-order valence-electron chi connectivity index (χ2n) is 5.29. The minimum Gasteiger partial charge on any atom is -0.356 e. The third kappa shape index (κ3) is 5.03. The molecule has 6 heteroatoms. The van der Waals surface area contributed by atoms with Crippen molar-refractivity contribution in [3.63, 3.8) is 0 Å². The Hall–Kier alpha value is -1.95. The van der Waals surface area contributed by atoms with Gasteiger partial charge >= 0.3 is 0 Å². The zero-order chi connectivity index (χ0) is 16.7. The number of hydrogen-bond acceptors (Lipinski definition) is 2. The number of thiophene rings is 1. The SMILES string of the molecule is CN=C(NCCc1c(F)cccc1F)NCC(C)c1ccsc1. The standard InChI is InChI=1S/C17H21F2N3S/c1-12(13-7-9-23-11-13)10-22-17(20-2)21-8-6-14-15(18)4-3-5-16(14)19/h3-5,7,9,11-12H,6,8,10H2,1-2H3,(H2,20,21,22). The van der Waals surface area contributed by atoms with E-state index in [1.54, 1.807) is 18.4 Å². The van der Waals surface area contributed by atoms with Crippen LogP contribution in [0.25, 0.3) is 0 Å². The molecule has 0 aliphatic carbocycles. The quantitative estimate of drug-likeness (QED) is 0.625. The molecule has 2 rings (SSSR count). The molecule has 1 aromatic heterocycles. The Bertz CT molecular complexity index is 621. The van der Waals surface area contributed by atoms with E-state index >= 15 is 0 Å². The van der Waals surface area contributed by atoms with Crippen molar-refractivity contribution in [3.05, 3.63) is 57.8 Å². The molecule has 0 saturated heterocycles. The van der Waals surface area contributed by atoms with E-state index in [2.05, 4.69) is 39.4 Å². The fraction of sp³-hybridized carbons (Fsp3) is 0.353. The van der Waals surface area contributed by atoms with Crippen molar-refractivity contribution in [1.82, 2.24) is 10.6 Å². The Morgan fingerprint density at radius 2 is 1.96 bits per heavy atom. The zero-order valence-corrected chi connectivity index (χ0v) is 14.1. The molecule has 0 spiro atoms. The highest BCUT2D eigenvalue weighted by Gasteiger charge is 2.09. The van der Waals surface area contributed by atoms with Crippen LogP contribution in [0.2, 0.25) is 0 Å². The molecule has 124 valence electrons. The van der Waals surface area contributed by atoms with Crippen LogP contribution in [0, 0.1) is 11.6 Å². The van der Waals surface area contributed by atoms with Crippen molar-refractivity contribution < 1.29 is 8.78 Å². The summed E-state index contributed by atoms with van der Waals surface area (Å²) in [6, 6.07) is 6.02. The summed E-state index contributed by atoms with van der Waals surface area (Å²) in [5, 5.41) is 10.5. The highest BCUT2D eigenvalue weighted by Crippen LogP contribution is 2.17. The Morgan fingerprint density at radius 1 is 1.22 bits per heavy atom. The van der Waals surface area contributed by atoms with E-state index in [1.807, 2.05) is 0 Å². The lowest BCUT2D eigenvalue weighted by atomic mass is 10.1. The van der Waals surface area contributed by atoms with Gasteiger partial charge in [0.15, 0.2) is 5.96 Å². The highest BCUT2D eigenvalue weighted by atomic mass is 32.1. The summed E-state index contributed by atoms with van der Waals surface area (Å²) in [5.74, 6) is -0.0331. The molecule has 0 radical (unpaired) electrons. The number of hydrogen-bond donors (Lipinski definition) is 2. The molecule has 0 fully saturated rings. The average Bonchev–Trinajstić information content (AvgIpc) is 3.07. The lowest BCUT2D eigenvalue weighted by Crippen LogP contribution is -2.40. The third-order valence-corrected chi connectivity index (χ3v) is 4.34. The number of rotatable bonds is 6. The van der Waals surface area contributed by atoms with Gasteiger partial charge in [0.2, 0.25) is 0 Å². The van der Waals surface area contributed by atoms with Crippen molar-refractivity contribution in [2.24, 2.45) is 4.99 Å². The van der Waals surface area contributed by atoms with Crippen LogP contribution in [0.15, 0.2) is 40.0 Å². The zero-order valence-electron chi connectivity index (χ0n) is 13.3. The maximum absolute atomic E-state index is 13.6. The van der Waals surface area contributed by atoms with E-state index in [0.29, 0.717) is 18.4 Å². The molecule has 1 atom stereocenters. The van der Waals surface area contributed by atoms with E-state index < -0.39 is 11.6 Å². The normalized spacial score (nSPS) is 13.0. The molecule has 2 N–H and O–H groups in total. The van der Waals surface area contributed by atoms with E-state index in [1.165, 1.54) is 23.8 Å². The Morgan fingerprint density at radius 3 is 2.57 bits per heavy atom. The van der Waals surface area contributed by atoms with Crippen molar-refractivity contribution >= 4 is 17.3 Å². The number of nitrogens with zero attached hydrogens (tertiary/aromatic N) is 1. The van der Waals surface area contributed by atoms with Crippen LogP contribution in [0.1, 0.15) is 24.0 Å². The van der Waals surface area contributed by atoms with Crippen molar-refractivity contribution in [1.29, 1.82) is 0 Å². The molecule has 0 aliphatic heterocycles. The average molecular weight is 337 g/mol. The second-order valence-corrected chi connectivity index (χ2v) is 6.07. The van der Waals surface area contributed by atoms with Crippen LogP contribution < -0.4 is 10.6 Å². The number of benzene rings is 1. The maximum atomic E-state index is 13.6. The summed E-state index contributed by atoms with van der Waals surface area (Å²) in [4.78, 5) is 4.13. The molecule has 1 unspecified atom stereocenters. The molecule has 1 heterocycles. The van der Waals surface area contributed by atoms with Gasteiger partial charge in [-0.2, -0.15) is 11.3 Å². The molecule has 0 amide bonds. The summed E-state index contributed by atoms with van der Waals surface area (Å²) in [6.45, 7) is 3.28. The maximum Gasteiger partial charge on any atom is 0.191 e. The monoisotopic (exact) mass is 337 g/mol. The van der Waals surface area contributed by atoms with Gasteiger partial charge in [-0.15, -0.1) is 0 Å². The van der Waals surface area contributed by atoms with Gasteiger partial charge in [-0.3, -0.25) is 4.99 Å². The summed E-state index contributed by atoms with van der Waals surface area (Å²) < 4.78 is 27.1. The van der Waals surface area contributed by atoms with Gasteiger partial charge < -0.3 is 10.6 Å². The van der Waals surface area contributed by atoms with Crippen molar-refractivity contribution in [2.45, 2.75) is 19.3 Å². The van der Waals surface area contributed by atoms with Crippen LogP contribution in [-0.4, -0.2) is 26.1 Å². The van der Waals surface area contributed by atoms with E-state index in [0.717, 1.165) is 6.54 Å². The van der Waals surface area contributed by atoms with E-state index in [-0.39, 0.29) is 12.0 Å². The van der Waals surface area contributed by atoms with Gasteiger partial charge in [0.1, 0.15) is 11.6 Å². The molecular formula is C17H21F2N3S. The summed E-state index contributed by atoms with van der Waals surface area (Å²) in [6.07, 6.45) is 0.263. The third-order valence-electron chi connectivity index (χ3n) is 3.64. The van der Waals surface area contributed by atoms with Gasteiger partial charge in [0.25, 0.3) is 0 Å². The van der Waals surface area contributed by atoms with E-state index in [4.69, 9.17) is 0 Å². The number of halogens is 2. The number of aliphatic imine (C=N–C) groups is 1. The first-order chi connectivity index (χ1) is 11.1. The Labute approximate surface area is 139 Å². The van der Waals surface area contributed by atoms with Gasteiger partial charge in [-0.1, -0.05) is 13.0 Å². The van der Waals surface area contributed by atoms with Crippen molar-refractivity contribution in [2.75, 3.05) is 20.1 Å². The van der Waals surface area contributed by atoms with Gasteiger partial charge in [0, 0.05) is 25.7 Å². The summed E-state index contributed by atoms with van der Waals surface area (Å²) >= 11 is 1.68. The second kappa shape index (κ2) is 8.62. The topological polar surface area (TPSA) is 36.4 Å².